The average Bonchev–Trinajstić information content (AvgIpc) is 2.33. The van der Waals surface area contributed by atoms with Crippen molar-refractivity contribution < 1.29 is 9.90 Å². The summed E-state index contributed by atoms with van der Waals surface area (Å²) in [6.45, 7) is 2.64. The van der Waals surface area contributed by atoms with Crippen LogP contribution in [0.1, 0.15) is 18.9 Å². The first-order valence-electron chi connectivity index (χ1n) is 6.04. The maximum absolute atomic E-state index is 11.6. The molecule has 19 heavy (non-hydrogen) atoms. The van der Waals surface area contributed by atoms with E-state index < -0.39 is 0 Å². The molecular weight excluding hydrogens is 285 g/mol. The summed E-state index contributed by atoms with van der Waals surface area (Å²) < 4.78 is 0. The number of amides is 1. The Balaban J connectivity index is 2.49. The summed E-state index contributed by atoms with van der Waals surface area (Å²) in [6, 6.07) is 5.09. The Bertz CT molecular complexity index is 441. The summed E-state index contributed by atoms with van der Waals surface area (Å²) in [5.74, 6) is 0.0730. The second kappa shape index (κ2) is 8.20. The van der Waals surface area contributed by atoms with Gasteiger partial charge in [0.25, 0.3) is 0 Å². The van der Waals surface area contributed by atoms with E-state index in [1.807, 2.05) is 6.92 Å². The number of halogens is 2. The van der Waals surface area contributed by atoms with Gasteiger partial charge >= 0.3 is 0 Å². The van der Waals surface area contributed by atoms with Crippen LogP contribution in [0, 0.1) is 5.92 Å². The van der Waals surface area contributed by atoms with Crippen molar-refractivity contribution in [1.82, 2.24) is 5.32 Å². The molecule has 1 unspecified atom stereocenters. The molecule has 0 spiro atoms. The van der Waals surface area contributed by atoms with Crippen LogP contribution in [0.3, 0.4) is 0 Å². The van der Waals surface area contributed by atoms with Crippen LogP contribution in [0.15, 0.2) is 24.3 Å². The van der Waals surface area contributed by atoms with Crippen molar-refractivity contribution in [2.24, 2.45) is 5.92 Å². The summed E-state index contributed by atoms with van der Waals surface area (Å²) in [6.07, 6.45) is 3.77. The summed E-state index contributed by atoms with van der Waals surface area (Å²) >= 11 is 11.7. The van der Waals surface area contributed by atoms with Crippen molar-refractivity contribution in [3.05, 3.63) is 39.9 Å². The minimum atomic E-state index is -0.180. The summed E-state index contributed by atoms with van der Waals surface area (Å²) in [5, 5.41) is 12.6. The first-order chi connectivity index (χ1) is 9.01. The third-order valence-electron chi connectivity index (χ3n) is 2.56. The van der Waals surface area contributed by atoms with Gasteiger partial charge in [0.05, 0.1) is 0 Å². The lowest BCUT2D eigenvalue weighted by Gasteiger charge is -2.09. The summed E-state index contributed by atoms with van der Waals surface area (Å²) in [7, 11) is 0. The van der Waals surface area contributed by atoms with Crippen LogP contribution < -0.4 is 5.32 Å². The van der Waals surface area contributed by atoms with Crippen molar-refractivity contribution in [3.8, 4) is 0 Å². The van der Waals surface area contributed by atoms with Gasteiger partial charge in [-0.3, -0.25) is 4.79 Å². The van der Waals surface area contributed by atoms with E-state index in [1.165, 1.54) is 6.08 Å². The number of benzene rings is 1. The van der Waals surface area contributed by atoms with Crippen molar-refractivity contribution in [3.63, 3.8) is 0 Å². The number of aliphatic hydroxyl groups excluding tert-OH is 1. The molecule has 1 amide bonds. The van der Waals surface area contributed by atoms with Gasteiger partial charge in [0.2, 0.25) is 5.91 Å². The van der Waals surface area contributed by atoms with E-state index in [1.54, 1.807) is 24.3 Å². The van der Waals surface area contributed by atoms with Crippen LogP contribution in [0.4, 0.5) is 0 Å². The van der Waals surface area contributed by atoms with Crippen LogP contribution in [-0.4, -0.2) is 24.2 Å². The van der Waals surface area contributed by atoms with Gasteiger partial charge in [0, 0.05) is 29.3 Å². The molecular formula is C14H17Cl2NO2. The molecule has 0 radical (unpaired) electrons. The Labute approximate surface area is 123 Å². The van der Waals surface area contributed by atoms with Crippen LogP contribution in [0.2, 0.25) is 10.0 Å². The van der Waals surface area contributed by atoms with Gasteiger partial charge in [0.15, 0.2) is 0 Å². The lowest BCUT2D eigenvalue weighted by Crippen LogP contribution is -2.26. The second-order valence-corrected chi connectivity index (χ2v) is 5.27. The van der Waals surface area contributed by atoms with Gasteiger partial charge in [-0.05, 0) is 42.2 Å². The maximum atomic E-state index is 11.6. The molecule has 1 atom stereocenters. The van der Waals surface area contributed by atoms with Crippen LogP contribution in [0.5, 0.6) is 0 Å². The molecule has 0 saturated carbocycles. The fourth-order valence-electron chi connectivity index (χ4n) is 1.50. The molecule has 0 aliphatic heterocycles. The fourth-order valence-corrected chi connectivity index (χ4v) is 2.04. The summed E-state index contributed by atoms with van der Waals surface area (Å²) in [5.41, 5.74) is 0.774. The average molecular weight is 302 g/mol. The molecule has 1 aromatic rings. The Morgan fingerprint density at radius 1 is 1.37 bits per heavy atom. The van der Waals surface area contributed by atoms with Crippen molar-refractivity contribution in [1.29, 1.82) is 0 Å². The third-order valence-corrected chi connectivity index (χ3v) is 3.00. The molecule has 0 heterocycles. The second-order valence-electron chi connectivity index (χ2n) is 4.40. The Morgan fingerprint density at radius 3 is 2.58 bits per heavy atom. The first-order valence-corrected chi connectivity index (χ1v) is 6.79. The van der Waals surface area contributed by atoms with Gasteiger partial charge < -0.3 is 10.4 Å². The number of hydrogen-bond acceptors (Lipinski definition) is 2. The van der Waals surface area contributed by atoms with E-state index in [0.29, 0.717) is 23.0 Å². The molecule has 0 aromatic heterocycles. The van der Waals surface area contributed by atoms with Gasteiger partial charge in [-0.15, -0.1) is 0 Å². The Kier molecular flexibility index (Phi) is 6.92. The number of hydrogen-bond donors (Lipinski definition) is 2. The molecule has 104 valence electrons. The number of aliphatic hydroxyl groups is 1. The third kappa shape index (κ3) is 6.62. The number of carbonyl (C=O) groups excluding carboxylic acids is 1. The molecule has 0 bridgehead atoms. The molecule has 0 fully saturated rings. The highest BCUT2D eigenvalue weighted by molar-refractivity contribution is 6.34. The van der Waals surface area contributed by atoms with Gasteiger partial charge in [-0.2, -0.15) is 0 Å². The zero-order valence-corrected chi connectivity index (χ0v) is 12.2. The van der Waals surface area contributed by atoms with Crippen molar-refractivity contribution in [2.45, 2.75) is 13.3 Å². The predicted molar refractivity (Wildman–Crippen MR) is 79.4 cm³/mol. The van der Waals surface area contributed by atoms with Crippen LogP contribution in [0.25, 0.3) is 6.08 Å². The molecule has 0 saturated heterocycles. The lowest BCUT2D eigenvalue weighted by atomic mass is 10.1. The molecule has 1 aromatic carbocycles. The van der Waals surface area contributed by atoms with E-state index in [-0.39, 0.29) is 18.4 Å². The molecule has 0 aliphatic rings. The van der Waals surface area contributed by atoms with Gasteiger partial charge in [0.1, 0.15) is 0 Å². The topological polar surface area (TPSA) is 49.3 Å². The first kappa shape index (κ1) is 16.0. The quantitative estimate of drug-likeness (QED) is 0.793. The van der Waals surface area contributed by atoms with Crippen LogP contribution in [-0.2, 0) is 4.79 Å². The SMILES string of the molecule is CC(CCO)CNC(=O)C=Cc1cc(Cl)cc(Cl)c1. The van der Waals surface area contributed by atoms with E-state index in [2.05, 4.69) is 5.32 Å². The van der Waals surface area contributed by atoms with Crippen LogP contribution >= 0.6 is 23.2 Å². The monoisotopic (exact) mass is 301 g/mol. The lowest BCUT2D eigenvalue weighted by molar-refractivity contribution is -0.116. The fraction of sp³-hybridized carbons (Fsp3) is 0.357. The minimum absolute atomic E-state index is 0.133. The van der Waals surface area contributed by atoms with Crippen molar-refractivity contribution in [2.75, 3.05) is 13.2 Å². The predicted octanol–water partition coefficient (Wildman–Crippen LogP) is 3.14. The molecule has 1 rings (SSSR count). The van der Waals surface area contributed by atoms with E-state index in [0.717, 1.165) is 5.56 Å². The molecule has 2 N–H and O–H groups in total. The van der Waals surface area contributed by atoms with E-state index in [9.17, 15) is 4.79 Å². The standard InChI is InChI=1S/C14H17Cl2NO2/c1-10(4-5-18)9-17-14(19)3-2-11-6-12(15)8-13(16)7-11/h2-3,6-8,10,18H,4-5,9H2,1H3,(H,17,19). The molecule has 5 heteroatoms. The Morgan fingerprint density at radius 2 is 2.00 bits per heavy atom. The maximum Gasteiger partial charge on any atom is 0.244 e. The molecule has 3 nitrogen and oxygen atoms in total. The minimum Gasteiger partial charge on any atom is -0.396 e. The normalized spacial score (nSPS) is 12.6. The molecule has 0 aliphatic carbocycles. The highest BCUT2D eigenvalue weighted by Crippen LogP contribution is 2.19. The number of rotatable bonds is 6. The highest BCUT2D eigenvalue weighted by atomic mass is 35.5. The smallest absolute Gasteiger partial charge is 0.244 e. The zero-order valence-electron chi connectivity index (χ0n) is 10.7. The Hall–Kier alpha value is -1.03. The van der Waals surface area contributed by atoms with E-state index in [4.69, 9.17) is 28.3 Å². The number of carbonyl (C=O) groups is 1. The highest BCUT2D eigenvalue weighted by Gasteiger charge is 2.02. The van der Waals surface area contributed by atoms with Crippen molar-refractivity contribution >= 4 is 35.2 Å². The largest absolute Gasteiger partial charge is 0.396 e. The zero-order chi connectivity index (χ0) is 14.3. The van der Waals surface area contributed by atoms with Gasteiger partial charge in [-0.25, -0.2) is 0 Å². The number of nitrogens with one attached hydrogen (secondary N) is 1. The van der Waals surface area contributed by atoms with E-state index >= 15 is 0 Å². The van der Waals surface area contributed by atoms with Gasteiger partial charge in [-0.1, -0.05) is 30.1 Å². The summed E-state index contributed by atoms with van der Waals surface area (Å²) in [4.78, 5) is 11.6.